The normalized spacial score (nSPS) is 21.0. The van der Waals surface area contributed by atoms with Gasteiger partial charge >= 0.3 is 11.8 Å². The van der Waals surface area contributed by atoms with Gasteiger partial charge in [-0.15, -0.1) is 0 Å². The van der Waals surface area contributed by atoms with Crippen LogP contribution in [0.25, 0.3) is 11.0 Å². The van der Waals surface area contributed by atoms with Crippen LogP contribution in [0, 0.1) is 0 Å². The van der Waals surface area contributed by atoms with E-state index in [2.05, 4.69) is 16.1 Å². The Hall–Kier alpha value is -3.43. The van der Waals surface area contributed by atoms with Crippen LogP contribution >= 0.6 is 0 Å². The minimum absolute atomic E-state index is 0.0647. The highest BCUT2D eigenvalue weighted by Crippen LogP contribution is 2.26. The van der Waals surface area contributed by atoms with E-state index < -0.39 is 17.6 Å². The van der Waals surface area contributed by atoms with Crippen molar-refractivity contribution in [3.63, 3.8) is 0 Å². The Morgan fingerprint density at radius 2 is 1.97 bits per heavy atom. The lowest BCUT2D eigenvalue weighted by molar-refractivity contribution is -0.545. The molecule has 1 aromatic heterocycles. The summed E-state index contributed by atoms with van der Waals surface area (Å²) >= 11 is 0. The molecule has 1 aromatic carbocycles. The van der Waals surface area contributed by atoms with Crippen molar-refractivity contribution in [2.45, 2.75) is 70.7 Å². The summed E-state index contributed by atoms with van der Waals surface area (Å²) in [5, 5.41) is 2.35. The largest absolute Gasteiger partial charge is 0.444 e. The number of nitrogens with zero attached hydrogens (tertiary/aromatic N) is 4. The Kier molecular flexibility index (Phi) is 6.57. The van der Waals surface area contributed by atoms with Gasteiger partial charge in [0.25, 0.3) is 0 Å². The Bertz CT molecular complexity index is 1270. The van der Waals surface area contributed by atoms with Gasteiger partial charge in [0, 0.05) is 45.0 Å². The minimum Gasteiger partial charge on any atom is -0.444 e. The lowest BCUT2D eigenvalue weighted by atomic mass is 10.0. The van der Waals surface area contributed by atoms with Crippen molar-refractivity contribution >= 4 is 35.2 Å². The predicted molar refractivity (Wildman–Crippen MR) is 131 cm³/mol. The molecule has 35 heavy (non-hydrogen) atoms. The first-order chi connectivity index (χ1) is 16.5. The summed E-state index contributed by atoms with van der Waals surface area (Å²) in [4.78, 5) is 51.3. The molecule has 10 nitrogen and oxygen atoms in total. The molecule has 4 rings (SSSR count). The summed E-state index contributed by atoms with van der Waals surface area (Å²) in [5.41, 5.74) is 1.63. The molecule has 1 saturated heterocycles. The number of carbonyl (C=O) groups excluding carboxylic acids is 3. The van der Waals surface area contributed by atoms with Gasteiger partial charge in [-0.2, -0.15) is 0 Å². The summed E-state index contributed by atoms with van der Waals surface area (Å²) < 4.78 is 10.8. The van der Waals surface area contributed by atoms with Gasteiger partial charge in [0.2, 0.25) is 11.8 Å². The summed E-state index contributed by atoms with van der Waals surface area (Å²) in [6.07, 6.45) is 3.81. The second kappa shape index (κ2) is 9.31. The van der Waals surface area contributed by atoms with E-state index >= 15 is 0 Å². The lowest BCUT2D eigenvalue weighted by Gasteiger charge is -2.30. The van der Waals surface area contributed by atoms with Crippen LogP contribution in [0.3, 0.4) is 0 Å². The minimum atomic E-state index is -0.704. The molecule has 0 spiro atoms. The third-order valence-corrected chi connectivity index (χ3v) is 6.70. The van der Waals surface area contributed by atoms with Crippen LogP contribution in [0.2, 0.25) is 0 Å². The zero-order valence-corrected chi connectivity index (χ0v) is 21.0. The number of para-hydroxylation sites is 1. The van der Waals surface area contributed by atoms with Crippen LogP contribution in [0.1, 0.15) is 58.1 Å². The predicted octanol–water partition coefficient (Wildman–Crippen LogP) is 1.93. The topological polar surface area (TPSA) is 106 Å². The van der Waals surface area contributed by atoms with Gasteiger partial charge in [0.15, 0.2) is 6.54 Å². The average Bonchev–Trinajstić information content (AvgIpc) is 3.04. The van der Waals surface area contributed by atoms with E-state index in [0.29, 0.717) is 24.9 Å². The van der Waals surface area contributed by atoms with Crippen LogP contribution in [0.4, 0.5) is 4.79 Å². The zero-order valence-electron chi connectivity index (χ0n) is 21.0. The summed E-state index contributed by atoms with van der Waals surface area (Å²) in [5.74, 6) is -0.748. The first kappa shape index (κ1) is 24.7. The number of imidazole rings is 1. The Balaban J connectivity index is 1.55. The zero-order chi connectivity index (χ0) is 25.5. The van der Waals surface area contributed by atoms with Crippen molar-refractivity contribution in [3.05, 3.63) is 34.2 Å². The van der Waals surface area contributed by atoms with Gasteiger partial charge in [-0.3, -0.25) is 24.0 Å². The number of hydrogen-bond acceptors (Lipinski definition) is 5. The van der Waals surface area contributed by atoms with Crippen molar-refractivity contribution in [2.75, 3.05) is 13.6 Å². The highest BCUT2D eigenvalue weighted by molar-refractivity contribution is 6.00. The highest BCUT2D eigenvalue weighted by atomic mass is 16.6. The van der Waals surface area contributed by atoms with E-state index in [1.807, 2.05) is 39.0 Å². The molecule has 0 bridgehead atoms. The number of ether oxygens (including phenoxy) is 1. The van der Waals surface area contributed by atoms with Gasteiger partial charge in [0.1, 0.15) is 24.4 Å². The van der Waals surface area contributed by atoms with E-state index in [-0.39, 0.29) is 30.2 Å². The van der Waals surface area contributed by atoms with Crippen LogP contribution in [0.5, 0.6) is 0 Å². The Morgan fingerprint density at radius 1 is 1.23 bits per heavy atom. The molecule has 0 radical (unpaired) electrons. The summed E-state index contributed by atoms with van der Waals surface area (Å²) in [6.45, 7) is 6.93. The number of imide groups is 1. The van der Waals surface area contributed by atoms with Crippen molar-refractivity contribution in [1.29, 1.82) is 0 Å². The van der Waals surface area contributed by atoms with Crippen molar-refractivity contribution in [3.8, 4) is 0 Å². The summed E-state index contributed by atoms with van der Waals surface area (Å²) in [7, 11) is 3.48. The molecule has 2 aromatic rings. The van der Waals surface area contributed by atoms with Gasteiger partial charge in [0.05, 0.1) is 11.0 Å². The molecule has 188 valence electrons. The van der Waals surface area contributed by atoms with Gasteiger partial charge in [-0.1, -0.05) is 12.1 Å². The third-order valence-electron chi connectivity index (χ3n) is 6.70. The van der Waals surface area contributed by atoms with Crippen molar-refractivity contribution in [2.24, 2.45) is 7.05 Å². The fourth-order valence-electron chi connectivity index (χ4n) is 4.87. The maximum Gasteiger partial charge on any atom is 0.410 e. The molecule has 0 saturated carbocycles. The Labute approximate surface area is 204 Å². The van der Waals surface area contributed by atoms with Crippen molar-refractivity contribution in [1.82, 2.24) is 19.4 Å². The average molecular weight is 485 g/mol. The smallest absolute Gasteiger partial charge is 0.410 e. The molecule has 3 heterocycles. The third kappa shape index (κ3) is 5.01. The number of hydrogen-bond donors (Lipinski definition) is 1. The number of carbonyl (C=O) groups is 3. The van der Waals surface area contributed by atoms with E-state index in [1.54, 1.807) is 23.6 Å². The number of aryl methyl sites for hydroxylation is 1. The molecule has 3 amide bonds. The molecule has 2 aliphatic rings. The van der Waals surface area contributed by atoms with E-state index in [4.69, 9.17) is 4.74 Å². The number of benzene rings is 1. The molecule has 0 aliphatic carbocycles. The molecule has 1 fully saturated rings. The molecular formula is C25H34N5O5+. The van der Waals surface area contributed by atoms with E-state index in [0.717, 1.165) is 24.0 Å². The van der Waals surface area contributed by atoms with Crippen LogP contribution in [-0.2, 0) is 27.9 Å². The molecule has 10 heteroatoms. The quantitative estimate of drug-likeness (QED) is 0.527. The SMILES string of the molecule is CN(C(=O)OC(C)(C)C)C1CC=[N+](Cc2cccc3c2n(C)c(=O)n3C2CCC(=O)NC2=O)CC1. The number of fused-ring (bicyclic) bond motifs is 1. The first-order valence-corrected chi connectivity index (χ1v) is 12.0. The number of nitrogens with one attached hydrogen (secondary N) is 1. The maximum atomic E-state index is 13.1. The molecule has 2 atom stereocenters. The van der Waals surface area contributed by atoms with Crippen molar-refractivity contribution < 1.29 is 23.7 Å². The van der Waals surface area contributed by atoms with Gasteiger partial charge in [-0.25, -0.2) is 14.2 Å². The lowest BCUT2D eigenvalue weighted by Crippen LogP contribution is -2.44. The highest BCUT2D eigenvalue weighted by Gasteiger charge is 2.33. The fraction of sp³-hybridized carbons (Fsp3) is 0.560. The van der Waals surface area contributed by atoms with Crippen LogP contribution < -0.4 is 11.0 Å². The van der Waals surface area contributed by atoms with Crippen LogP contribution in [0.15, 0.2) is 23.0 Å². The van der Waals surface area contributed by atoms with E-state index in [9.17, 15) is 19.2 Å². The molecule has 2 unspecified atom stereocenters. The molecule has 1 N–H and O–H groups in total. The first-order valence-electron chi connectivity index (χ1n) is 12.0. The molecule has 2 aliphatic heterocycles. The molecular weight excluding hydrogens is 450 g/mol. The standard InChI is InChI=1S/C25H33N5O5/c1-25(2,3)35-24(34)27(4)17-11-13-29(14-12-17)15-16-7-6-8-18-21(16)28(5)23(33)30(18)19-9-10-20(31)26-22(19)32/h6-8,13,17,19H,9-12,14-15H2,1-5H3/p+1. The number of aromatic nitrogens is 2. The number of amides is 3. The van der Waals surface area contributed by atoms with Gasteiger partial charge in [-0.05, 0) is 33.3 Å². The second-order valence-corrected chi connectivity index (χ2v) is 10.4. The number of rotatable bonds is 4. The number of piperidine rings is 1. The summed E-state index contributed by atoms with van der Waals surface area (Å²) in [6, 6.07) is 5.08. The maximum absolute atomic E-state index is 13.1. The monoisotopic (exact) mass is 484 g/mol. The fourth-order valence-corrected chi connectivity index (χ4v) is 4.87. The second-order valence-electron chi connectivity index (χ2n) is 10.4. The van der Waals surface area contributed by atoms with E-state index in [1.165, 1.54) is 4.57 Å². The van der Waals surface area contributed by atoms with Gasteiger partial charge < -0.3 is 9.64 Å². The Morgan fingerprint density at radius 3 is 2.60 bits per heavy atom. The van der Waals surface area contributed by atoms with Crippen LogP contribution in [-0.4, -0.2) is 68.0 Å².